The fourth-order valence-corrected chi connectivity index (χ4v) is 3.27. The molecule has 1 aromatic rings. The average molecular weight is 290 g/mol. The van der Waals surface area contributed by atoms with Crippen LogP contribution < -0.4 is 5.73 Å². The van der Waals surface area contributed by atoms with E-state index in [2.05, 4.69) is 46.8 Å². The number of nitrogens with two attached hydrogens (primary N) is 1. The number of hydrogen-bond acceptors (Lipinski definition) is 4. The van der Waals surface area contributed by atoms with Crippen molar-refractivity contribution in [1.82, 2.24) is 14.8 Å². The summed E-state index contributed by atoms with van der Waals surface area (Å²) in [6, 6.07) is 6.97. The zero-order valence-corrected chi connectivity index (χ0v) is 13.6. The van der Waals surface area contributed by atoms with Gasteiger partial charge in [0.15, 0.2) is 0 Å². The zero-order valence-electron chi connectivity index (χ0n) is 13.6. The van der Waals surface area contributed by atoms with Gasteiger partial charge in [-0.05, 0) is 58.0 Å². The van der Waals surface area contributed by atoms with Crippen LogP contribution in [0, 0.1) is 6.92 Å². The van der Waals surface area contributed by atoms with Gasteiger partial charge in [0, 0.05) is 31.4 Å². The molecular weight excluding hydrogens is 260 g/mol. The van der Waals surface area contributed by atoms with Gasteiger partial charge in [0.1, 0.15) is 0 Å². The highest BCUT2D eigenvalue weighted by atomic mass is 15.2. The van der Waals surface area contributed by atoms with Gasteiger partial charge in [0.25, 0.3) is 0 Å². The van der Waals surface area contributed by atoms with Crippen molar-refractivity contribution in [2.75, 3.05) is 32.7 Å². The number of nitrogens with zero attached hydrogens (tertiary/aromatic N) is 3. The van der Waals surface area contributed by atoms with Crippen LogP contribution in [-0.4, -0.2) is 53.5 Å². The Balaban J connectivity index is 1.88. The van der Waals surface area contributed by atoms with Crippen molar-refractivity contribution in [3.05, 3.63) is 29.6 Å². The fourth-order valence-electron chi connectivity index (χ4n) is 3.27. The number of aromatic nitrogens is 1. The number of aryl methyl sites for hydroxylation is 1. The maximum absolute atomic E-state index is 5.75. The quantitative estimate of drug-likeness (QED) is 0.871. The summed E-state index contributed by atoms with van der Waals surface area (Å²) in [6.07, 6.45) is 3.57. The summed E-state index contributed by atoms with van der Waals surface area (Å²) < 4.78 is 0. The number of rotatable bonds is 6. The molecule has 1 aliphatic rings. The Bertz CT molecular complexity index is 421. The van der Waals surface area contributed by atoms with Crippen LogP contribution >= 0.6 is 0 Å². The first kappa shape index (κ1) is 16.4. The maximum atomic E-state index is 5.75. The summed E-state index contributed by atoms with van der Waals surface area (Å²) in [4.78, 5) is 9.80. The van der Waals surface area contributed by atoms with E-state index in [0.717, 1.165) is 38.3 Å². The summed E-state index contributed by atoms with van der Waals surface area (Å²) in [6.45, 7) is 10.8. The molecule has 0 spiro atoms. The molecule has 2 heterocycles. The highest BCUT2D eigenvalue weighted by molar-refractivity contribution is 5.09. The van der Waals surface area contributed by atoms with Gasteiger partial charge in [-0.1, -0.05) is 13.0 Å². The van der Waals surface area contributed by atoms with Crippen molar-refractivity contribution in [3.63, 3.8) is 0 Å². The first-order chi connectivity index (χ1) is 10.2. The van der Waals surface area contributed by atoms with Crippen molar-refractivity contribution in [1.29, 1.82) is 0 Å². The average Bonchev–Trinajstić information content (AvgIpc) is 2.70. The molecule has 2 N–H and O–H groups in total. The van der Waals surface area contributed by atoms with Gasteiger partial charge in [-0.2, -0.15) is 0 Å². The molecule has 4 nitrogen and oxygen atoms in total. The molecule has 21 heavy (non-hydrogen) atoms. The molecule has 0 aromatic carbocycles. The largest absolute Gasteiger partial charge is 0.330 e. The molecule has 0 radical (unpaired) electrons. The minimum atomic E-state index is 0.659. The van der Waals surface area contributed by atoms with Crippen LogP contribution in [0.2, 0.25) is 0 Å². The van der Waals surface area contributed by atoms with Crippen molar-refractivity contribution < 1.29 is 0 Å². The van der Waals surface area contributed by atoms with Gasteiger partial charge < -0.3 is 5.73 Å². The van der Waals surface area contributed by atoms with E-state index in [-0.39, 0.29) is 0 Å². The summed E-state index contributed by atoms with van der Waals surface area (Å²) in [7, 11) is 0. The lowest BCUT2D eigenvalue weighted by molar-refractivity contribution is 0.184. The Morgan fingerprint density at radius 2 is 2.10 bits per heavy atom. The second kappa shape index (κ2) is 8.47. The maximum Gasteiger partial charge on any atom is 0.0547 e. The molecule has 0 bridgehead atoms. The van der Waals surface area contributed by atoms with E-state index < -0.39 is 0 Å². The lowest BCUT2D eigenvalue weighted by Gasteiger charge is -2.29. The lowest BCUT2D eigenvalue weighted by atomic mass is 10.1. The van der Waals surface area contributed by atoms with E-state index in [4.69, 9.17) is 5.73 Å². The van der Waals surface area contributed by atoms with Crippen LogP contribution in [-0.2, 0) is 6.54 Å². The van der Waals surface area contributed by atoms with Crippen molar-refractivity contribution >= 4 is 0 Å². The molecule has 2 rings (SSSR count). The van der Waals surface area contributed by atoms with E-state index in [1.807, 2.05) is 0 Å². The van der Waals surface area contributed by atoms with E-state index in [1.165, 1.54) is 31.6 Å². The summed E-state index contributed by atoms with van der Waals surface area (Å²) in [5, 5.41) is 0. The summed E-state index contributed by atoms with van der Waals surface area (Å²) in [5.74, 6) is 0. The van der Waals surface area contributed by atoms with Gasteiger partial charge >= 0.3 is 0 Å². The Kier molecular flexibility index (Phi) is 6.61. The fraction of sp³-hybridized carbons (Fsp3) is 0.706. The van der Waals surface area contributed by atoms with E-state index in [0.29, 0.717) is 6.04 Å². The summed E-state index contributed by atoms with van der Waals surface area (Å²) >= 11 is 0. The summed E-state index contributed by atoms with van der Waals surface area (Å²) in [5.41, 5.74) is 8.05. The first-order valence-electron chi connectivity index (χ1n) is 8.32. The van der Waals surface area contributed by atoms with Crippen molar-refractivity contribution in [3.8, 4) is 0 Å². The third kappa shape index (κ3) is 5.06. The van der Waals surface area contributed by atoms with Crippen molar-refractivity contribution in [2.45, 2.75) is 45.7 Å². The zero-order chi connectivity index (χ0) is 15.1. The molecule has 1 saturated heterocycles. The molecule has 1 aliphatic heterocycles. The molecule has 0 aliphatic carbocycles. The Hall–Kier alpha value is -0.970. The van der Waals surface area contributed by atoms with Gasteiger partial charge in [0.05, 0.1) is 5.69 Å². The number of hydrogen-bond donors (Lipinski definition) is 1. The first-order valence-corrected chi connectivity index (χ1v) is 8.32. The minimum absolute atomic E-state index is 0.659. The molecule has 1 fully saturated rings. The molecular formula is C17H30N4. The van der Waals surface area contributed by atoms with Crippen LogP contribution in [0.5, 0.6) is 0 Å². The van der Waals surface area contributed by atoms with Gasteiger partial charge in [-0.3, -0.25) is 14.8 Å². The van der Waals surface area contributed by atoms with Crippen LogP contribution in [0.1, 0.15) is 37.6 Å². The van der Waals surface area contributed by atoms with Crippen LogP contribution in [0.15, 0.2) is 18.2 Å². The predicted octanol–water partition coefficient (Wildman–Crippen LogP) is 2.03. The molecule has 1 aromatic heterocycles. The molecule has 4 heteroatoms. The Morgan fingerprint density at radius 1 is 1.24 bits per heavy atom. The topological polar surface area (TPSA) is 45.4 Å². The van der Waals surface area contributed by atoms with Gasteiger partial charge in [0.2, 0.25) is 0 Å². The predicted molar refractivity (Wildman–Crippen MR) is 88.2 cm³/mol. The van der Waals surface area contributed by atoms with Gasteiger partial charge in [-0.15, -0.1) is 0 Å². The third-order valence-electron chi connectivity index (χ3n) is 4.44. The third-order valence-corrected chi connectivity index (χ3v) is 4.44. The normalized spacial score (nSPS) is 19.4. The van der Waals surface area contributed by atoms with E-state index >= 15 is 0 Å². The van der Waals surface area contributed by atoms with Gasteiger partial charge in [-0.25, -0.2) is 0 Å². The number of pyridine rings is 1. The lowest BCUT2D eigenvalue weighted by Crippen LogP contribution is -2.39. The highest BCUT2D eigenvalue weighted by Gasteiger charge is 2.20. The smallest absolute Gasteiger partial charge is 0.0547 e. The van der Waals surface area contributed by atoms with Crippen LogP contribution in [0.25, 0.3) is 0 Å². The van der Waals surface area contributed by atoms with E-state index in [9.17, 15) is 0 Å². The van der Waals surface area contributed by atoms with Crippen LogP contribution in [0.3, 0.4) is 0 Å². The second-order valence-corrected chi connectivity index (χ2v) is 6.08. The molecule has 0 amide bonds. The van der Waals surface area contributed by atoms with Crippen molar-refractivity contribution in [2.24, 2.45) is 5.73 Å². The monoisotopic (exact) mass is 290 g/mol. The second-order valence-electron chi connectivity index (χ2n) is 6.08. The molecule has 0 saturated carbocycles. The van der Waals surface area contributed by atoms with E-state index in [1.54, 1.807) is 0 Å². The molecule has 1 atom stereocenters. The minimum Gasteiger partial charge on any atom is -0.330 e. The van der Waals surface area contributed by atoms with Crippen LogP contribution in [0.4, 0.5) is 0 Å². The molecule has 118 valence electrons. The standard InChI is InChI=1S/C17H30N4/c1-3-17(8-9-18)21-11-5-10-20(12-13-21)14-16-7-4-6-15(2)19-16/h4,6-7,17H,3,5,8-14,18H2,1-2H3. The Labute approximate surface area is 129 Å². The highest BCUT2D eigenvalue weighted by Crippen LogP contribution is 2.14. The molecule has 1 unspecified atom stereocenters. The SMILES string of the molecule is CCC(CCN)N1CCCN(Cc2cccc(C)n2)CC1. The Morgan fingerprint density at radius 3 is 2.81 bits per heavy atom.